The molecule has 0 aliphatic heterocycles. The van der Waals surface area contributed by atoms with Crippen molar-refractivity contribution in [2.45, 2.75) is 52.7 Å². The largest absolute Gasteiger partial charge is 0.336 e. The van der Waals surface area contributed by atoms with Gasteiger partial charge in [-0.1, -0.05) is 31.1 Å². The molecule has 0 aliphatic rings. The minimum Gasteiger partial charge on any atom is -0.297 e. The van der Waals surface area contributed by atoms with Crippen LogP contribution in [0.2, 0.25) is 0 Å². The molecule has 0 fully saturated rings. The summed E-state index contributed by atoms with van der Waals surface area (Å²) in [5.41, 5.74) is -0.791. The first kappa shape index (κ1) is 21.5. The molecule has 0 heterocycles. The van der Waals surface area contributed by atoms with Crippen LogP contribution < -0.4 is 0 Å². The topological polar surface area (TPSA) is 35.5 Å². The summed E-state index contributed by atoms with van der Waals surface area (Å²) in [6.45, 7) is 21.8. The predicted molar refractivity (Wildman–Crippen MR) is 98.2 cm³/mol. The normalized spacial score (nSPS) is 11.6. The Morgan fingerprint density at radius 3 is 1.61 bits per heavy atom. The van der Waals surface area contributed by atoms with E-state index in [9.17, 15) is 4.57 Å². The monoisotopic (exact) mass is 334 g/mol. The van der Waals surface area contributed by atoms with Gasteiger partial charge in [0.15, 0.2) is 0 Å². The van der Waals surface area contributed by atoms with E-state index < -0.39 is 18.8 Å². The predicted octanol–water partition coefficient (Wildman–Crippen LogP) is 5.11. The van der Waals surface area contributed by atoms with Crippen molar-refractivity contribution >= 4 is 7.60 Å². The Kier molecular flexibility index (Phi) is 7.82. The van der Waals surface area contributed by atoms with Gasteiger partial charge in [0.2, 0.25) is 0 Å². The van der Waals surface area contributed by atoms with Gasteiger partial charge in [0.1, 0.15) is 11.2 Å². The molecule has 126 valence electrons. The van der Waals surface area contributed by atoms with Gasteiger partial charge in [0, 0.05) is 11.1 Å². The average molecular weight is 334 g/mol. The van der Waals surface area contributed by atoms with Gasteiger partial charge in [-0.05, 0) is 41.5 Å². The smallest absolute Gasteiger partial charge is 0.297 e. The molecular weight excluding hydrogens is 307 g/mol. The molecule has 0 spiro atoms. The number of allylic oxidation sites excluding steroid dienone is 1. The Bertz CT molecular complexity index is 596. The van der Waals surface area contributed by atoms with E-state index in [1.54, 1.807) is 41.5 Å². The average Bonchev–Trinajstić information content (AvgIpc) is 2.37. The van der Waals surface area contributed by atoms with Crippen LogP contribution in [0.1, 0.15) is 41.5 Å². The van der Waals surface area contributed by atoms with Gasteiger partial charge in [-0.25, -0.2) is 0 Å². The zero-order chi connectivity index (χ0) is 18.3. The highest BCUT2D eigenvalue weighted by Crippen LogP contribution is 2.56. The maximum atomic E-state index is 13.2. The van der Waals surface area contributed by atoms with Gasteiger partial charge in [0.05, 0.1) is 6.16 Å². The molecule has 3 nitrogen and oxygen atoms in total. The quantitative estimate of drug-likeness (QED) is 0.351. The molecule has 0 aromatic carbocycles. The van der Waals surface area contributed by atoms with Crippen LogP contribution in [-0.2, 0) is 13.6 Å². The molecule has 0 rings (SSSR count). The molecule has 0 aliphatic carbocycles. The lowest BCUT2D eigenvalue weighted by Crippen LogP contribution is -2.30. The van der Waals surface area contributed by atoms with Crippen LogP contribution in [0.5, 0.6) is 0 Å². The summed E-state index contributed by atoms with van der Waals surface area (Å²) in [7, 11) is -3.49. The summed E-state index contributed by atoms with van der Waals surface area (Å²) in [4.78, 5) is 0. The minimum atomic E-state index is -3.49. The fourth-order valence-electron chi connectivity index (χ4n) is 1.66. The molecule has 0 aromatic heterocycles. The second-order valence-corrected chi connectivity index (χ2v) is 7.94. The summed E-state index contributed by atoms with van der Waals surface area (Å²) >= 11 is 0. The first-order valence-corrected chi connectivity index (χ1v) is 9.02. The first-order chi connectivity index (χ1) is 10.4. The van der Waals surface area contributed by atoms with Gasteiger partial charge >= 0.3 is 7.60 Å². The molecule has 0 bridgehead atoms. The van der Waals surface area contributed by atoms with E-state index in [1.165, 1.54) is 6.08 Å². The van der Waals surface area contributed by atoms with Crippen molar-refractivity contribution in [3.05, 3.63) is 37.0 Å². The number of hydrogen-bond acceptors (Lipinski definition) is 3. The Balaban J connectivity index is 5.57. The van der Waals surface area contributed by atoms with E-state index in [-0.39, 0.29) is 6.16 Å². The van der Waals surface area contributed by atoms with E-state index >= 15 is 0 Å². The van der Waals surface area contributed by atoms with Gasteiger partial charge in [0.25, 0.3) is 0 Å². The van der Waals surface area contributed by atoms with Crippen LogP contribution in [0, 0.1) is 23.7 Å². The molecule has 0 saturated carbocycles. The molecule has 0 aromatic rings. The highest BCUT2D eigenvalue weighted by molar-refractivity contribution is 7.54. The molecule has 23 heavy (non-hydrogen) atoms. The Labute approximate surface area is 141 Å². The summed E-state index contributed by atoms with van der Waals surface area (Å²) in [5, 5.41) is 0. The molecule has 0 N–H and O–H groups in total. The zero-order valence-corrected chi connectivity index (χ0v) is 16.0. The molecule has 0 unspecified atom stereocenters. The molecule has 4 heteroatoms. The van der Waals surface area contributed by atoms with E-state index in [4.69, 9.17) is 9.05 Å². The summed E-state index contributed by atoms with van der Waals surface area (Å²) in [6, 6.07) is 0. The summed E-state index contributed by atoms with van der Waals surface area (Å²) in [5.74, 6) is 11.2. The van der Waals surface area contributed by atoms with Crippen molar-refractivity contribution in [2.24, 2.45) is 0 Å². The maximum absolute atomic E-state index is 13.2. The van der Waals surface area contributed by atoms with Crippen LogP contribution in [0.4, 0.5) is 0 Å². The standard InChI is InChI=1S/C19H27O3P/c1-10-13-16(4)18(6,7)21-23(20,15-12-3)22-19(8,9)17(5)14-11-2/h12H,3-5,15H2,1-2,6-9H3. The molecular formula is C19H27O3P. The van der Waals surface area contributed by atoms with Gasteiger partial charge in [-0.3, -0.25) is 13.6 Å². The van der Waals surface area contributed by atoms with Crippen molar-refractivity contribution in [1.82, 2.24) is 0 Å². The lowest BCUT2D eigenvalue weighted by Gasteiger charge is -2.34. The highest BCUT2D eigenvalue weighted by Gasteiger charge is 2.39. The fraction of sp³-hybridized carbons (Fsp3) is 0.474. The SMILES string of the molecule is C=CCP(=O)(OC(C)(C)C(=C)C#CC)OC(C)(C)C(=C)C#CC. The Morgan fingerprint density at radius 1 is 1.00 bits per heavy atom. The number of hydrogen-bond donors (Lipinski definition) is 0. The van der Waals surface area contributed by atoms with Crippen molar-refractivity contribution in [3.63, 3.8) is 0 Å². The third kappa shape index (κ3) is 6.64. The third-order valence-corrected chi connectivity index (χ3v) is 5.27. The van der Waals surface area contributed by atoms with Crippen molar-refractivity contribution in [1.29, 1.82) is 0 Å². The fourth-order valence-corrected chi connectivity index (χ4v) is 3.77. The van der Waals surface area contributed by atoms with Crippen molar-refractivity contribution in [3.8, 4) is 23.7 Å². The second kappa shape index (κ2) is 8.37. The maximum Gasteiger partial charge on any atom is 0.336 e. The Morgan fingerprint density at radius 2 is 1.35 bits per heavy atom. The van der Waals surface area contributed by atoms with Gasteiger partial charge in [-0.15, -0.1) is 18.4 Å². The first-order valence-electron chi connectivity index (χ1n) is 7.30. The van der Waals surface area contributed by atoms with E-state index in [2.05, 4.69) is 43.4 Å². The highest BCUT2D eigenvalue weighted by atomic mass is 31.2. The van der Waals surface area contributed by atoms with E-state index in [0.717, 1.165) is 0 Å². The molecule has 0 amide bonds. The van der Waals surface area contributed by atoms with Crippen molar-refractivity contribution in [2.75, 3.05) is 6.16 Å². The van der Waals surface area contributed by atoms with Gasteiger partial charge < -0.3 is 0 Å². The molecule has 0 saturated heterocycles. The van der Waals surface area contributed by atoms with E-state index in [0.29, 0.717) is 11.1 Å². The van der Waals surface area contributed by atoms with Crippen LogP contribution in [0.15, 0.2) is 37.0 Å². The summed E-state index contributed by atoms with van der Waals surface area (Å²) in [6.07, 6.45) is 1.58. The summed E-state index contributed by atoms with van der Waals surface area (Å²) < 4.78 is 24.8. The second-order valence-electron chi connectivity index (χ2n) is 5.99. The third-order valence-electron chi connectivity index (χ3n) is 3.09. The zero-order valence-electron chi connectivity index (χ0n) is 15.1. The van der Waals surface area contributed by atoms with E-state index in [1.807, 2.05) is 0 Å². The van der Waals surface area contributed by atoms with Crippen molar-refractivity contribution < 1.29 is 13.6 Å². The van der Waals surface area contributed by atoms with Crippen LogP contribution in [-0.4, -0.2) is 17.4 Å². The Hall–Kier alpha value is -1.51. The van der Waals surface area contributed by atoms with Crippen LogP contribution in [0.25, 0.3) is 0 Å². The minimum absolute atomic E-state index is 0.0690. The number of rotatable bonds is 8. The lowest BCUT2D eigenvalue weighted by molar-refractivity contribution is 0.0701. The molecule has 0 atom stereocenters. The lowest BCUT2D eigenvalue weighted by atomic mass is 10.0. The van der Waals surface area contributed by atoms with Crippen LogP contribution in [0.3, 0.4) is 0 Å². The van der Waals surface area contributed by atoms with Crippen LogP contribution >= 0.6 is 7.60 Å². The molecule has 0 radical (unpaired) electrons. The van der Waals surface area contributed by atoms with Gasteiger partial charge in [-0.2, -0.15) is 0 Å².